The van der Waals surface area contributed by atoms with Crippen LogP contribution in [0.25, 0.3) is 0 Å². The molecule has 0 aliphatic heterocycles. The molecule has 2 rings (SSSR count). The van der Waals surface area contributed by atoms with Gasteiger partial charge in [0.05, 0.1) is 13.7 Å². The second kappa shape index (κ2) is 32.6. The van der Waals surface area contributed by atoms with Crippen LogP contribution >= 0.6 is 0 Å². The number of nitrogens with one attached hydrogen (secondary N) is 1. The first-order valence-corrected chi connectivity index (χ1v) is 20.8. The number of unbranched alkanes of at least 4 members (excludes halogenated alkanes) is 22. The van der Waals surface area contributed by atoms with Gasteiger partial charge in [-0.25, -0.2) is 4.57 Å². The van der Waals surface area contributed by atoms with Crippen LogP contribution in [0.1, 0.15) is 180 Å². The molecule has 1 aromatic carbocycles. The van der Waals surface area contributed by atoms with E-state index in [-0.39, 0.29) is 29.9 Å². The number of hydrogen-bond donors (Lipinski definition) is 1. The molecule has 1 amide bonds. The minimum absolute atomic E-state index is 0. The number of benzene rings is 1. The number of amides is 1. The summed E-state index contributed by atoms with van der Waals surface area (Å²) < 4.78 is 20.2. The van der Waals surface area contributed by atoms with E-state index in [0.29, 0.717) is 31.1 Å². The summed E-state index contributed by atoms with van der Waals surface area (Å²) >= 11 is 0. The summed E-state index contributed by atoms with van der Waals surface area (Å²) in [5.41, 5.74) is 1.04. The fourth-order valence-corrected chi connectivity index (χ4v) is 6.58. The van der Waals surface area contributed by atoms with E-state index in [0.717, 1.165) is 30.7 Å². The van der Waals surface area contributed by atoms with Crippen molar-refractivity contribution in [1.82, 2.24) is 5.32 Å². The van der Waals surface area contributed by atoms with Gasteiger partial charge >= 0.3 is 0 Å². The van der Waals surface area contributed by atoms with Crippen LogP contribution < -0.4 is 48.1 Å². The SMILES string of the molecule is CCCCCCCCCCCCCCCCC(Oc1ccc(OCCCCCCCCCCCC)c(OC)c1)C(=O)NCc1cccc[n+]1C.[I-]. The molecule has 0 aliphatic carbocycles. The molecular formula is C44H75IN2O4. The Kier molecular flexibility index (Phi) is 30.0. The Bertz CT molecular complexity index is 1110. The largest absolute Gasteiger partial charge is 1.00 e. The molecule has 0 spiro atoms. The molecule has 1 aromatic heterocycles. The lowest BCUT2D eigenvalue weighted by atomic mass is 10.0. The summed E-state index contributed by atoms with van der Waals surface area (Å²) in [5.74, 6) is 1.91. The zero-order valence-electron chi connectivity index (χ0n) is 33.2. The predicted octanol–water partition coefficient (Wildman–Crippen LogP) is 8.76. The Hall–Kier alpha value is -2.03. The van der Waals surface area contributed by atoms with Crippen LogP contribution in [0, 0.1) is 0 Å². The minimum Gasteiger partial charge on any atom is -1.00 e. The molecule has 292 valence electrons. The van der Waals surface area contributed by atoms with E-state index in [1.54, 1.807) is 7.11 Å². The number of nitrogens with zero attached hydrogens (tertiary/aromatic N) is 1. The van der Waals surface area contributed by atoms with Gasteiger partial charge in [-0.2, -0.15) is 0 Å². The molecule has 0 fully saturated rings. The zero-order chi connectivity index (χ0) is 35.9. The molecule has 7 heteroatoms. The van der Waals surface area contributed by atoms with Crippen LogP contribution in [0.5, 0.6) is 17.2 Å². The van der Waals surface area contributed by atoms with Crippen LogP contribution in [0.2, 0.25) is 0 Å². The Balaban J connectivity index is 0.0000130. The first kappa shape index (κ1) is 47.0. The van der Waals surface area contributed by atoms with Crippen molar-refractivity contribution in [2.45, 2.75) is 187 Å². The maximum Gasteiger partial charge on any atom is 0.261 e. The number of aryl methyl sites for hydroxylation is 1. The summed E-state index contributed by atoms with van der Waals surface area (Å²) in [4.78, 5) is 13.4. The Labute approximate surface area is 330 Å². The monoisotopic (exact) mass is 822 g/mol. The quantitative estimate of drug-likeness (QED) is 0.0445. The van der Waals surface area contributed by atoms with Crippen LogP contribution in [-0.4, -0.2) is 25.7 Å². The fraction of sp³-hybridized carbons (Fsp3) is 0.727. The molecule has 0 saturated carbocycles. The van der Waals surface area contributed by atoms with E-state index < -0.39 is 6.10 Å². The number of aromatic nitrogens is 1. The summed E-state index contributed by atoms with van der Waals surface area (Å²) in [6.45, 7) is 5.69. The molecule has 1 unspecified atom stereocenters. The third kappa shape index (κ3) is 23.3. The summed E-state index contributed by atoms with van der Waals surface area (Å²) in [6.07, 6.45) is 33.4. The number of hydrogen-bond acceptors (Lipinski definition) is 4. The molecule has 0 bridgehead atoms. The zero-order valence-corrected chi connectivity index (χ0v) is 35.3. The number of carbonyl (C=O) groups is 1. The van der Waals surface area contributed by atoms with Crippen molar-refractivity contribution < 1.29 is 47.5 Å². The topological polar surface area (TPSA) is 60.7 Å². The van der Waals surface area contributed by atoms with E-state index in [2.05, 4.69) is 19.2 Å². The summed E-state index contributed by atoms with van der Waals surface area (Å²) in [5, 5.41) is 3.12. The smallest absolute Gasteiger partial charge is 0.261 e. The normalized spacial score (nSPS) is 11.5. The standard InChI is InChI=1S/C44H74N2O4.HI/c1-5-7-9-11-13-15-17-18-19-20-21-23-25-27-32-42(44(47)45-38-39-31-28-29-35-46(39)3)50-40-33-34-41(43(37-40)48-4)49-36-30-26-24-22-16-14-12-10-8-6-2;/h28-29,31,33-35,37,42H,5-27,30,32,36,38H2,1-4H3;1H. The van der Waals surface area contributed by atoms with Gasteiger partial charge in [0.15, 0.2) is 29.5 Å². The van der Waals surface area contributed by atoms with Gasteiger partial charge in [-0.15, -0.1) is 0 Å². The number of rotatable bonds is 33. The lowest BCUT2D eigenvalue weighted by Gasteiger charge is -2.20. The fourth-order valence-electron chi connectivity index (χ4n) is 6.58. The average molecular weight is 823 g/mol. The van der Waals surface area contributed by atoms with Crippen molar-refractivity contribution >= 4 is 5.91 Å². The van der Waals surface area contributed by atoms with Crippen molar-refractivity contribution in [2.24, 2.45) is 7.05 Å². The number of methoxy groups -OCH3 is 1. The number of ether oxygens (including phenoxy) is 3. The molecule has 0 radical (unpaired) electrons. The molecule has 1 atom stereocenters. The number of carbonyl (C=O) groups excluding carboxylic acids is 1. The minimum atomic E-state index is -0.565. The van der Waals surface area contributed by atoms with Gasteiger partial charge in [0, 0.05) is 18.2 Å². The summed E-state index contributed by atoms with van der Waals surface area (Å²) in [6, 6.07) is 11.7. The lowest BCUT2D eigenvalue weighted by Crippen LogP contribution is -3.00. The maximum atomic E-state index is 13.4. The molecule has 51 heavy (non-hydrogen) atoms. The van der Waals surface area contributed by atoms with Gasteiger partial charge in [0.1, 0.15) is 19.3 Å². The second-order valence-corrected chi connectivity index (χ2v) is 14.4. The van der Waals surface area contributed by atoms with Gasteiger partial charge in [0.25, 0.3) is 5.91 Å². The maximum absolute atomic E-state index is 13.4. The third-order valence-electron chi connectivity index (χ3n) is 9.89. The highest BCUT2D eigenvalue weighted by atomic mass is 127. The van der Waals surface area contributed by atoms with Crippen LogP contribution in [-0.2, 0) is 18.4 Å². The molecule has 1 N–H and O–H groups in total. The van der Waals surface area contributed by atoms with Crippen LogP contribution in [0.15, 0.2) is 42.6 Å². The Morgan fingerprint density at radius 1 is 0.667 bits per heavy atom. The highest BCUT2D eigenvalue weighted by Crippen LogP contribution is 2.32. The first-order chi connectivity index (χ1) is 24.6. The molecular weight excluding hydrogens is 747 g/mol. The Morgan fingerprint density at radius 2 is 1.18 bits per heavy atom. The summed E-state index contributed by atoms with van der Waals surface area (Å²) in [7, 11) is 3.65. The van der Waals surface area contributed by atoms with Crippen molar-refractivity contribution in [3.05, 3.63) is 48.3 Å². The third-order valence-corrected chi connectivity index (χ3v) is 9.89. The van der Waals surface area contributed by atoms with E-state index in [1.807, 2.05) is 54.2 Å². The highest BCUT2D eigenvalue weighted by Gasteiger charge is 2.22. The number of pyridine rings is 1. The van der Waals surface area contributed by atoms with Gasteiger partial charge in [0.2, 0.25) is 0 Å². The second-order valence-electron chi connectivity index (χ2n) is 14.4. The lowest BCUT2D eigenvalue weighted by molar-refractivity contribution is -0.679. The van der Waals surface area contributed by atoms with Crippen molar-refractivity contribution in [3.63, 3.8) is 0 Å². The van der Waals surface area contributed by atoms with Gasteiger partial charge in [-0.05, 0) is 31.4 Å². The predicted molar refractivity (Wildman–Crippen MR) is 209 cm³/mol. The molecule has 0 saturated heterocycles. The van der Waals surface area contributed by atoms with Crippen molar-refractivity contribution in [2.75, 3.05) is 13.7 Å². The van der Waals surface area contributed by atoms with E-state index in [1.165, 1.54) is 135 Å². The molecule has 2 aromatic rings. The average Bonchev–Trinajstić information content (AvgIpc) is 3.13. The van der Waals surface area contributed by atoms with Crippen molar-refractivity contribution in [3.8, 4) is 17.2 Å². The van der Waals surface area contributed by atoms with Crippen molar-refractivity contribution in [1.29, 1.82) is 0 Å². The van der Waals surface area contributed by atoms with E-state index in [4.69, 9.17) is 14.2 Å². The number of halogens is 1. The molecule has 6 nitrogen and oxygen atoms in total. The van der Waals surface area contributed by atoms with Crippen LogP contribution in [0.3, 0.4) is 0 Å². The van der Waals surface area contributed by atoms with Crippen LogP contribution in [0.4, 0.5) is 0 Å². The van der Waals surface area contributed by atoms with Gasteiger partial charge in [-0.1, -0.05) is 161 Å². The van der Waals surface area contributed by atoms with Gasteiger partial charge < -0.3 is 43.5 Å². The van der Waals surface area contributed by atoms with E-state index >= 15 is 0 Å². The molecule has 0 aliphatic rings. The van der Waals surface area contributed by atoms with E-state index in [9.17, 15) is 4.79 Å². The van der Waals surface area contributed by atoms with Gasteiger partial charge in [-0.3, -0.25) is 4.79 Å². The molecule has 1 heterocycles. The highest BCUT2D eigenvalue weighted by molar-refractivity contribution is 5.81. The Morgan fingerprint density at radius 3 is 1.69 bits per heavy atom. The first-order valence-electron chi connectivity index (χ1n) is 20.8.